The van der Waals surface area contributed by atoms with E-state index in [1.165, 1.54) is 6.42 Å². The second-order valence-corrected chi connectivity index (χ2v) is 8.92. The largest absolute Gasteiger partial charge is 0.325 e. The Morgan fingerprint density at radius 2 is 0.958 bits per heavy atom. The van der Waals surface area contributed by atoms with E-state index in [0.29, 0.717) is 0 Å². The van der Waals surface area contributed by atoms with Crippen LogP contribution in [-0.4, -0.2) is 39.3 Å². The van der Waals surface area contributed by atoms with Crippen LogP contribution in [0.1, 0.15) is 51.3 Å². The van der Waals surface area contributed by atoms with Crippen molar-refractivity contribution in [2.45, 2.75) is 54.9 Å². The van der Waals surface area contributed by atoms with Crippen molar-refractivity contribution in [1.82, 2.24) is 9.97 Å². The number of rotatable bonds is 0. The lowest BCUT2D eigenvalue weighted by Crippen LogP contribution is -1.91. The van der Waals surface area contributed by atoms with E-state index in [2.05, 4.69) is 47.4 Å². The highest BCUT2D eigenvalue weighted by atomic mass is 32.5. The Bertz CT molecular complexity index is 421. The molecule has 0 saturated heterocycles. The fraction of sp³-hybridized carbons (Fsp3) is 0.667. The minimum absolute atomic E-state index is 0.854. The molecule has 0 aromatic carbocycles. The van der Waals surface area contributed by atoms with Gasteiger partial charge in [0.15, 0.2) is 0 Å². The van der Waals surface area contributed by atoms with E-state index >= 15 is 0 Å². The number of aromatic nitrogens is 2. The molecule has 12 heteroatoms. The summed E-state index contributed by atoms with van der Waals surface area (Å²) in [6, 6.07) is 1.97. The normalized spacial score (nSPS) is 9.54. The van der Waals surface area contributed by atoms with Gasteiger partial charge in [0.05, 0.1) is 0 Å². The maximum atomic E-state index is 7.56. The molecule has 0 unspecified atom stereocenters. The van der Waals surface area contributed by atoms with Gasteiger partial charge in [-0.25, -0.2) is 9.97 Å². The van der Waals surface area contributed by atoms with E-state index in [9.17, 15) is 0 Å². The lowest BCUT2D eigenvalue weighted by molar-refractivity contribution is 0.361. The van der Waals surface area contributed by atoms with Crippen LogP contribution in [0.15, 0.2) is 6.07 Å². The summed E-state index contributed by atoms with van der Waals surface area (Å²) in [4.78, 5) is 53.6. The van der Waals surface area contributed by atoms with Crippen molar-refractivity contribution in [2.24, 2.45) is 0 Å². The van der Waals surface area contributed by atoms with E-state index in [1.807, 2.05) is 40.7 Å². The number of nitrogens with zero attached hydrogens (tertiary/aromatic N) is 2. The summed E-state index contributed by atoms with van der Waals surface area (Å²) >= 11 is 7.21. The Balaban J connectivity index is -0.000000116. The molecule has 0 aliphatic rings. The van der Waals surface area contributed by atoms with Gasteiger partial charge in [0.2, 0.25) is 0 Å². The zero-order chi connectivity index (χ0) is 20.6. The molecule has 0 fully saturated rings. The molecule has 0 amide bonds. The average Bonchev–Trinajstić information content (AvgIpc) is 2.25. The Morgan fingerprint density at radius 3 is 1.08 bits per heavy atom. The van der Waals surface area contributed by atoms with Crippen LogP contribution >= 0.6 is 13.4 Å². The van der Waals surface area contributed by atoms with Crippen molar-refractivity contribution in [3.05, 3.63) is 23.3 Å². The molecule has 6 N–H and O–H groups in total. The first kappa shape index (κ1) is 31.9. The Hall–Kier alpha value is 0.140. The number of hydrogen-bond donors (Lipinski definition) is 6. The smallest absolute Gasteiger partial charge is 0.319 e. The second kappa shape index (κ2) is 17.9. The van der Waals surface area contributed by atoms with E-state index in [4.69, 9.17) is 29.4 Å². The molecule has 0 bridgehead atoms. The van der Waals surface area contributed by atoms with Crippen LogP contribution in [0.5, 0.6) is 0 Å². The van der Waals surface area contributed by atoms with E-state index in [-0.39, 0.29) is 0 Å². The van der Waals surface area contributed by atoms with Gasteiger partial charge in [0.25, 0.3) is 0 Å². The monoisotopic (exact) mass is 424 g/mol. The highest BCUT2D eigenvalue weighted by Gasteiger charge is 1.93. The first-order valence-corrected chi connectivity index (χ1v) is 12.3. The van der Waals surface area contributed by atoms with Crippen LogP contribution in [0.3, 0.4) is 0 Å². The Kier molecular flexibility index (Phi) is 23.8. The lowest BCUT2D eigenvalue weighted by Gasteiger charge is -1.95. The standard InChI is InChI=1S/C7H10N2.C3H8.C2H6.2H3O3PS/c1-5-4-6(2)9-7(3)8-5;1-3-2;1-2;2*1-4(2,3)5/h4H,1-3H3;3H2,1-2H3;1-2H3;2*(H3,1,2,3,5). The van der Waals surface area contributed by atoms with Crippen LogP contribution in [0, 0.1) is 20.8 Å². The minimum atomic E-state index is -3.81. The van der Waals surface area contributed by atoms with Gasteiger partial charge in [0.1, 0.15) is 5.82 Å². The molecule has 0 aliphatic heterocycles. The van der Waals surface area contributed by atoms with Crippen LogP contribution in [0.25, 0.3) is 0 Å². The molecule has 0 spiro atoms. The molecule has 0 radical (unpaired) electrons. The molecular formula is C12H30N2O6P2S2. The molecular weight excluding hydrogens is 394 g/mol. The molecule has 146 valence electrons. The molecule has 0 atom stereocenters. The maximum absolute atomic E-state index is 7.56. The molecule has 0 saturated carbocycles. The predicted molar refractivity (Wildman–Crippen MR) is 105 cm³/mol. The topological polar surface area (TPSA) is 147 Å². The van der Waals surface area contributed by atoms with Gasteiger partial charge in [-0.2, -0.15) is 0 Å². The van der Waals surface area contributed by atoms with E-state index < -0.39 is 13.4 Å². The molecule has 24 heavy (non-hydrogen) atoms. The van der Waals surface area contributed by atoms with Crippen molar-refractivity contribution < 1.29 is 29.4 Å². The SMILES string of the molecule is CC.CCC.Cc1cc(C)nc(C)n1.OP(O)(O)=S.OP(O)(O)=S. The van der Waals surface area contributed by atoms with Crippen LogP contribution in [0.2, 0.25) is 0 Å². The summed E-state index contributed by atoms with van der Waals surface area (Å²) in [7, 11) is 0. The van der Waals surface area contributed by atoms with Crippen molar-refractivity contribution >= 4 is 37.1 Å². The van der Waals surface area contributed by atoms with Crippen molar-refractivity contribution in [3.63, 3.8) is 0 Å². The summed E-state index contributed by atoms with van der Waals surface area (Å²) in [6.45, 7) is 6.49. The van der Waals surface area contributed by atoms with Crippen molar-refractivity contribution in [1.29, 1.82) is 0 Å². The summed E-state index contributed by atoms with van der Waals surface area (Å²) in [5.74, 6) is 0.854. The summed E-state index contributed by atoms with van der Waals surface area (Å²) in [6.07, 6.45) is 1.25. The van der Waals surface area contributed by atoms with E-state index in [1.54, 1.807) is 0 Å². The Morgan fingerprint density at radius 1 is 0.792 bits per heavy atom. The molecule has 1 heterocycles. The third kappa shape index (κ3) is 67.1. The highest BCUT2D eigenvalue weighted by Crippen LogP contribution is 2.26. The maximum Gasteiger partial charge on any atom is 0.319 e. The second-order valence-electron chi connectivity index (χ2n) is 3.93. The summed E-state index contributed by atoms with van der Waals surface area (Å²) < 4.78 is 0. The lowest BCUT2D eigenvalue weighted by atomic mass is 10.3. The third-order valence-electron chi connectivity index (χ3n) is 1.09. The zero-order valence-electron chi connectivity index (χ0n) is 15.1. The molecule has 0 aliphatic carbocycles. The number of hydrogen-bond acceptors (Lipinski definition) is 4. The van der Waals surface area contributed by atoms with E-state index in [0.717, 1.165) is 17.2 Å². The first-order valence-electron chi connectivity index (χ1n) is 6.95. The zero-order valence-corrected chi connectivity index (χ0v) is 18.5. The van der Waals surface area contributed by atoms with Gasteiger partial charge < -0.3 is 29.4 Å². The first-order chi connectivity index (χ1) is 10.6. The fourth-order valence-corrected chi connectivity index (χ4v) is 0.902. The van der Waals surface area contributed by atoms with Gasteiger partial charge >= 0.3 is 13.4 Å². The molecule has 1 rings (SSSR count). The number of aryl methyl sites for hydroxylation is 3. The van der Waals surface area contributed by atoms with Crippen LogP contribution in [-0.2, 0) is 23.6 Å². The molecule has 1 aromatic heterocycles. The van der Waals surface area contributed by atoms with Gasteiger partial charge in [-0.15, -0.1) is 0 Å². The van der Waals surface area contributed by atoms with Crippen LogP contribution < -0.4 is 0 Å². The van der Waals surface area contributed by atoms with Crippen LogP contribution in [0.4, 0.5) is 0 Å². The van der Waals surface area contributed by atoms with Gasteiger partial charge in [0, 0.05) is 11.4 Å². The van der Waals surface area contributed by atoms with Gasteiger partial charge in [-0.3, -0.25) is 0 Å². The van der Waals surface area contributed by atoms with Crippen molar-refractivity contribution in [2.75, 3.05) is 0 Å². The highest BCUT2D eigenvalue weighted by molar-refractivity contribution is 8.06. The summed E-state index contributed by atoms with van der Waals surface area (Å²) in [5.41, 5.74) is 2.08. The predicted octanol–water partition coefficient (Wildman–Crippen LogP) is 2.22. The quantitative estimate of drug-likeness (QED) is 0.343. The Labute approximate surface area is 154 Å². The van der Waals surface area contributed by atoms with Crippen molar-refractivity contribution in [3.8, 4) is 0 Å². The minimum Gasteiger partial charge on any atom is -0.325 e. The average molecular weight is 424 g/mol. The summed E-state index contributed by atoms with van der Waals surface area (Å²) in [5, 5.41) is 0. The third-order valence-corrected chi connectivity index (χ3v) is 1.09. The molecule has 1 aromatic rings. The molecule has 8 nitrogen and oxygen atoms in total. The van der Waals surface area contributed by atoms with Gasteiger partial charge in [-0.1, -0.05) is 34.1 Å². The van der Waals surface area contributed by atoms with Gasteiger partial charge in [-0.05, 0) is 50.5 Å². The fourth-order valence-electron chi connectivity index (χ4n) is 0.902.